The molecule has 0 aliphatic heterocycles. The SMILES string of the molecule is CSc1ccc(-n2nc(C3CC3)c(-c3ccc(C#N)cc3)c2O)nc1. The van der Waals surface area contributed by atoms with Crippen LogP contribution in [0.4, 0.5) is 0 Å². The van der Waals surface area contributed by atoms with Crippen LogP contribution in [0, 0.1) is 11.3 Å². The van der Waals surface area contributed by atoms with Gasteiger partial charge in [-0.15, -0.1) is 11.8 Å². The van der Waals surface area contributed by atoms with Gasteiger partial charge in [0.25, 0.3) is 0 Å². The van der Waals surface area contributed by atoms with E-state index in [-0.39, 0.29) is 5.88 Å². The molecule has 4 rings (SSSR count). The van der Waals surface area contributed by atoms with Crippen molar-refractivity contribution in [1.82, 2.24) is 14.8 Å². The van der Waals surface area contributed by atoms with E-state index in [1.165, 1.54) is 4.68 Å². The molecule has 0 spiro atoms. The number of pyridine rings is 1. The fourth-order valence-corrected chi connectivity index (χ4v) is 3.20. The number of aromatic nitrogens is 3. The van der Waals surface area contributed by atoms with Gasteiger partial charge in [0.15, 0.2) is 5.82 Å². The highest BCUT2D eigenvalue weighted by atomic mass is 32.2. The number of nitriles is 1. The van der Waals surface area contributed by atoms with Crippen LogP contribution in [0.2, 0.25) is 0 Å². The lowest BCUT2D eigenvalue weighted by Crippen LogP contribution is -1.99. The van der Waals surface area contributed by atoms with Crippen molar-refractivity contribution in [3.05, 3.63) is 53.9 Å². The molecule has 0 saturated heterocycles. The number of aromatic hydroxyl groups is 1. The summed E-state index contributed by atoms with van der Waals surface area (Å²) in [5.41, 5.74) is 3.10. The van der Waals surface area contributed by atoms with Crippen LogP contribution in [-0.2, 0) is 0 Å². The maximum absolute atomic E-state index is 10.8. The fraction of sp³-hybridized carbons (Fsp3) is 0.211. The average Bonchev–Trinajstić information content (AvgIpc) is 3.45. The van der Waals surface area contributed by atoms with E-state index in [0.717, 1.165) is 34.6 Å². The van der Waals surface area contributed by atoms with Crippen LogP contribution in [0.5, 0.6) is 5.88 Å². The van der Waals surface area contributed by atoms with Gasteiger partial charge in [-0.3, -0.25) is 0 Å². The maximum atomic E-state index is 10.8. The number of nitrogens with zero attached hydrogens (tertiary/aromatic N) is 4. The highest BCUT2D eigenvalue weighted by Gasteiger charge is 2.33. The van der Waals surface area contributed by atoms with Gasteiger partial charge < -0.3 is 5.11 Å². The molecule has 1 aliphatic carbocycles. The van der Waals surface area contributed by atoms with E-state index in [1.807, 2.05) is 30.5 Å². The van der Waals surface area contributed by atoms with Gasteiger partial charge in [-0.1, -0.05) is 12.1 Å². The molecule has 3 aromatic rings. The molecule has 1 aromatic carbocycles. The molecule has 0 atom stereocenters. The van der Waals surface area contributed by atoms with Crippen molar-refractivity contribution in [2.45, 2.75) is 23.7 Å². The van der Waals surface area contributed by atoms with Crippen LogP contribution in [0.25, 0.3) is 16.9 Å². The van der Waals surface area contributed by atoms with E-state index < -0.39 is 0 Å². The first-order valence-electron chi connectivity index (χ1n) is 8.04. The molecule has 0 amide bonds. The summed E-state index contributed by atoms with van der Waals surface area (Å²) in [6, 6.07) is 13.2. The van der Waals surface area contributed by atoms with Crippen LogP contribution in [0.3, 0.4) is 0 Å². The molecule has 25 heavy (non-hydrogen) atoms. The quantitative estimate of drug-likeness (QED) is 0.718. The molecule has 124 valence electrons. The second kappa shape index (κ2) is 6.26. The third kappa shape index (κ3) is 2.87. The Morgan fingerprint density at radius 1 is 1.20 bits per heavy atom. The van der Waals surface area contributed by atoms with Crippen LogP contribution < -0.4 is 0 Å². The minimum Gasteiger partial charge on any atom is -0.493 e. The molecule has 1 aliphatic rings. The summed E-state index contributed by atoms with van der Waals surface area (Å²) in [7, 11) is 0. The number of thioether (sulfide) groups is 1. The Labute approximate surface area is 150 Å². The third-order valence-corrected chi connectivity index (χ3v) is 5.04. The van der Waals surface area contributed by atoms with E-state index in [0.29, 0.717) is 17.3 Å². The Morgan fingerprint density at radius 2 is 1.96 bits per heavy atom. The number of benzene rings is 1. The van der Waals surface area contributed by atoms with Crippen molar-refractivity contribution in [1.29, 1.82) is 5.26 Å². The summed E-state index contributed by atoms with van der Waals surface area (Å²) in [5, 5.41) is 24.5. The van der Waals surface area contributed by atoms with Crippen molar-refractivity contribution in [3.8, 4) is 28.9 Å². The van der Waals surface area contributed by atoms with Gasteiger partial charge in [0.2, 0.25) is 5.88 Å². The Hall–Kier alpha value is -2.78. The van der Waals surface area contributed by atoms with Crippen molar-refractivity contribution < 1.29 is 5.11 Å². The summed E-state index contributed by atoms with van der Waals surface area (Å²) in [6.07, 6.45) is 5.94. The van der Waals surface area contributed by atoms with Crippen molar-refractivity contribution in [2.24, 2.45) is 0 Å². The third-order valence-electron chi connectivity index (χ3n) is 4.33. The second-order valence-corrected chi connectivity index (χ2v) is 6.89. The van der Waals surface area contributed by atoms with E-state index in [9.17, 15) is 5.11 Å². The van der Waals surface area contributed by atoms with Gasteiger partial charge >= 0.3 is 0 Å². The lowest BCUT2D eigenvalue weighted by Gasteiger charge is -2.04. The number of hydrogen-bond acceptors (Lipinski definition) is 5. The van der Waals surface area contributed by atoms with Crippen molar-refractivity contribution in [3.63, 3.8) is 0 Å². The van der Waals surface area contributed by atoms with Gasteiger partial charge in [0.05, 0.1) is 22.9 Å². The summed E-state index contributed by atoms with van der Waals surface area (Å²) in [5.74, 6) is 1.07. The van der Waals surface area contributed by atoms with Crippen LogP contribution in [0.15, 0.2) is 47.5 Å². The Bertz CT molecular complexity index is 951. The molecule has 2 heterocycles. The van der Waals surface area contributed by atoms with Crippen LogP contribution >= 0.6 is 11.8 Å². The number of rotatable bonds is 4. The molecule has 6 heteroatoms. The minimum absolute atomic E-state index is 0.0935. The molecule has 1 fully saturated rings. The van der Waals surface area contributed by atoms with E-state index >= 15 is 0 Å². The lowest BCUT2D eigenvalue weighted by molar-refractivity contribution is 0.433. The summed E-state index contributed by atoms with van der Waals surface area (Å²) in [4.78, 5) is 5.47. The summed E-state index contributed by atoms with van der Waals surface area (Å²) < 4.78 is 1.51. The highest BCUT2D eigenvalue weighted by Crippen LogP contribution is 2.47. The largest absolute Gasteiger partial charge is 0.493 e. The predicted octanol–water partition coefficient (Wildman–Crippen LogP) is 4.11. The van der Waals surface area contributed by atoms with Crippen LogP contribution in [-0.4, -0.2) is 26.1 Å². The zero-order valence-electron chi connectivity index (χ0n) is 13.7. The van der Waals surface area contributed by atoms with E-state index in [1.54, 1.807) is 30.1 Å². The summed E-state index contributed by atoms with van der Waals surface area (Å²) >= 11 is 1.62. The lowest BCUT2D eigenvalue weighted by atomic mass is 10.0. The Kier molecular flexibility index (Phi) is 3.94. The van der Waals surface area contributed by atoms with Gasteiger partial charge in [-0.2, -0.15) is 15.0 Å². The topological polar surface area (TPSA) is 74.7 Å². The molecular weight excluding hydrogens is 332 g/mol. The zero-order chi connectivity index (χ0) is 17.4. The predicted molar refractivity (Wildman–Crippen MR) is 96.9 cm³/mol. The molecule has 0 radical (unpaired) electrons. The first kappa shape index (κ1) is 15.7. The van der Waals surface area contributed by atoms with Gasteiger partial charge in [0.1, 0.15) is 0 Å². The zero-order valence-corrected chi connectivity index (χ0v) is 14.5. The second-order valence-electron chi connectivity index (χ2n) is 6.02. The molecule has 0 bridgehead atoms. The molecule has 0 unspecified atom stereocenters. The molecular formula is C19H16N4OS. The van der Waals surface area contributed by atoms with Crippen molar-refractivity contribution in [2.75, 3.05) is 6.26 Å². The monoisotopic (exact) mass is 348 g/mol. The van der Waals surface area contributed by atoms with Gasteiger partial charge in [0, 0.05) is 17.0 Å². The van der Waals surface area contributed by atoms with E-state index in [2.05, 4.69) is 16.2 Å². The Morgan fingerprint density at radius 3 is 2.52 bits per heavy atom. The standard InChI is InChI=1S/C19H16N4OS/c1-25-15-8-9-16(21-11-15)23-19(24)17(18(22-23)14-6-7-14)13-4-2-12(10-20)3-5-13/h2-5,8-9,11,14,24H,6-7H2,1H3. The molecule has 1 N–H and O–H groups in total. The molecule has 1 saturated carbocycles. The molecule has 2 aromatic heterocycles. The highest BCUT2D eigenvalue weighted by molar-refractivity contribution is 7.98. The Balaban J connectivity index is 1.83. The first-order valence-corrected chi connectivity index (χ1v) is 9.26. The molecule has 5 nitrogen and oxygen atoms in total. The number of hydrogen-bond donors (Lipinski definition) is 1. The van der Waals surface area contributed by atoms with Gasteiger partial charge in [-0.05, 0) is 48.9 Å². The smallest absolute Gasteiger partial charge is 0.224 e. The fourth-order valence-electron chi connectivity index (χ4n) is 2.83. The summed E-state index contributed by atoms with van der Waals surface area (Å²) in [6.45, 7) is 0. The minimum atomic E-state index is 0.0935. The van der Waals surface area contributed by atoms with E-state index in [4.69, 9.17) is 5.26 Å². The maximum Gasteiger partial charge on any atom is 0.224 e. The van der Waals surface area contributed by atoms with Gasteiger partial charge in [-0.25, -0.2) is 4.98 Å². The average molecular weight is 348 g/mol. The van der Waals surface area contributed by atoms with Crippen molar-refractivity contribution >= 4 is 11.8 Å². The first-order chi connectivity index (χ1) is 12.2. The van der Waals surface area contributed by atoms with Crippen LogP contribution in [0.1, 0.15) is 30.0 Å². The normalized spacial score (nSPS) is 13.6.